The predicted octanol–water partition coefficient (Wildman–Crippen LogP) is 7.93. The van der Waals surface area contributed by atoms with Gasteiger partial charge in [0.05, 0.1) is 23.5 Å². The second-order valence-corrected chi connectivity index (χ2v) is 10.6. The summed E-state index contributed by atoms with van der Waals surface area (Å²) in [5, 5.41) is 5.21. The number of rotatable bonds is 12. The Balaban J connectivity index is 1.41. The first kappa shape index (κ1) is 30.5. The van der Waals surface area contributed by atoms with Crippen LogP contribution >= 0.6 is 45.8 Å². The Bertz CT molecular complexity index is 1530. The number of methoxy groups -OCH3 is 1. The molecule has 41 heavy (non-hydrogen) atoms. The maximum Gasteiger partial charge on any atom is 0.271 e. The van der Waals surface area contributed by atoms with Gasteiger partial charge in [-0.25, -0.2) is 5.43 Å². The third kappa shape index (κ3) is 8.51. The lowest BCUT2D eigenvalue weighted by Gasteiger charge is -2.15. The first-order valence-electron chi connectivity index (χ1n) is 12.6. The molecule has 0 saturated carbocycles. The Morgan fingerprint density at radius 3 is 2.44 bits per heavy atom. The first-order valence-corrected chi connectivity index (χ1v) is 14.4. The van der Waals surface area contributed by atoms with Gasteiger partial charge >= 0.3 is 0 Å². The molecule has 0 bridgehead atoms. The molecule has 0 aromatic heterocycles. The maximum absolute atomic E-state index is 12.8. The number of benzene rings is 4. The molecule has 0 aliphatic carbocycles. The number of halogens is 3. The average molecular weight is 705 g/mol. The van der Waals surface area contributed by atoms with Gasteiger partial charge in [-0.1, -0.05) is 59.6 Å². The van der Waals surface area contributed by atoms with Crippen LogP contribution in [-0.2, 0) is 13.2 Å². The second-order valence-electron chi connectivity index (χ2n) is 8.63. The Labute approximate surface area is 262 Å². The largest absolute Gasteiger partial charge is 0.493 e. The van der Waals surface area contributed by atoms with Gasteiger partial charge in [0.1, 0.15) is 13.2 Å². The van der Waals surface area contributed by atoms with E-state index in [9.17, 15) is 4.79 Å². The van der Waals surface area contributed by atoms with Crippen LogP contribution in [0.2, 0.25) is 10.0 Å². The molecule has 7 nitrogen and oxygen atoms in total. The van der Waals surface area contributed by atoms with Crippen LogP contribution in [0.5, 0.6) is 23.0 Å². The second kappa shape index (κ2) is 15.0. The van der Waals surface area contributed by atoms with Crippen LogP contribution in [0.4, 0.5) is 0 Å². The molecule has 0 aliphatic heterocycles. The molecule has 0 fully saturated rings. The van der Waals surface area contributed by atoms with E-state index in [0.717, 1.165) is 20.3 Å². The number of ether oxygens (including phenoxy) is 4. The number of amides is 1. The molecule has 0 heterocycles. The quantitative estimate of drug-likeness (QED) is 0.0921. The summed E-state index contributed by atoms with van der Waals surface area (Å²) in [4.78, 5) is 12.8. The van der Waals surface area contributed by atoms with Gasteiger partial charge in [0.25, 0.3) is 5.91 Å². The van der Waals surface area contributed by atoms with Crippen molar-refractivity contribution in [2.45, 2.75) is 20.1 Å². The molecule has 0 atom stereocenters. The van der Waals surface area contributed by atoms with Crippen molar-refractivity contribution >= 4 is 57.9 Å². The van der Waals surface area contributed by atoms with Crippen LogP contribution < -0.4 is 24.4 Å². The van der Waals surface area contributed by atoms with Crippen molar-refractivity contribution in [2.75, 3.05) is 13.7 Å². The minimum atomic E-state index is -0.395. The molecule has 0 spiro atoms. The fraction of sp³-hybridized carbons (Fsp3) is 0.161. The molecule has 212 valence electrons. The molecule has 4 rings (SSSR count). The lowest BCUT2D eigenvalue weighted by atomic mass is 10.2. The maximum atomic E-state index is 12.8. The fourth-order valence-corrected chi connectivity index (χ4v) is 4.99. The van der Waals surface area contributed by atoms with Gasteiger partial charge < -0.3 is 18.9 Å². The zero-order chi connectivity index (χ0) is 29.2. The summed E-state index contributed by atoms with van der Waals surface area (Å²) in [7, 11) is 1.53. The molecule has 0 saturated heterocycles. The highest BCUT2D eigenvalue weighted by atomic mass is 127. The van der Waals surface area contributed by atoms with E-state index in [4.69, 9.17) is 42.1 Å². The fourth-order valence-electron chi connectivity index (χ4n) is 3.75. The monoisotopic (exact) mass is 704 g/mol. The van der Waals surface area contributed by atoms with E-state index in [1.165, 1.54) is 13.3 Å². The zero-order valence-electron chi connectivity index (χ0n) is 22.3. The number of nitrogens with zero attached hydrogens (tertiary/aromatic N) is 1. The molecule has 0 aliphatic rings. The predicted molar refractivity (Wildman–Crippen MR) is 170 cm³/mol. The van der Waals surface area contributed by atoms with Crippen molar-refractivity contribution in [3.8, 4) is 23.0 Å². The highest BCUT2D eigenvalue weighted by molar-refractivity contribution is 14.1. The molecule has 0 unspecified atom stereocenters. The van der Waals surface area contributed by atoms with E-state index in [1.807, 2.05) is 49.4 Å². The summed E-state index contributed by atoms with van der Waals surface area (Å²) < 4.78 is 24.0. The van der Waals surface area contributed by atoms with Crippen molar-refractivity contribution < 1.29 is 23.7 Å². The number of carbonyl (C=O) groups excluding carboxylic acids is 1. The van der Waals surface area contributed by atoms with Crippen LogP contribution in [0.1, 0.15) is 34.0 Å². The van der Waals surface area contributed by atoms with E-state index in [-0.39, 0.29) is 6.61 Å². The van der Waals surface area contributed by atoms with Gasteiger partial charge in [0, 0.05) is 21.2 Å². The average Bonchev–Trinajstić information content (AvgIpc) is 2.97. The van der Waals surface area contributed by atoms with Crippen LogP contribution in [0.15, 0.2) is 84.0 Å². The van der Waals surface area contributed by atoms with E-state index < -0.39 is 5.91 Å². The van der Waals surface area contributed by atoms with Crippen LogP contribution in [-0.4, -0.2) is 25.8 Å². The van der Waals surface area contributed by atoms with Crippen molar-refractivity contribution in [2.24, 2.45) is 5.10 Å². The van der Waals surface area contributed by atoms with Gasteiger partial charge in [-0.3, -0.25) is 4.79 Å². The Kier molecular flexibility index (Phi) is 11.1. The van der Waals surface area contributed by atoms with Crippen molar-refractivity contribution in [1.82, 2.24) is 5.43 Å². The van der Waals surface area contributed by atoms with Gasteiger partial charge in [-0.15, -0.1) is 0 Å². The summed E-state index contributed by atoms with van der Waals surface area (Å²) in [6.07, 6.45) is 1.54. The smallest absolute Gasteiger partial charge is 0.271 e. The summed E-state index contributed by atoms with van der Waals surface area (Å²) in [5.41, 5.74) is 5.48. The van der Waals surface area contributed by atoms with Gasteiger partial charge in [-0.2, -0.15) is 5.10 Å². The van der Waals surface area contributed by atoms with E-state index in [2.05, 4.69) is 33.1 Å². The molecular weight excluding hydrogens is 678 g/mol. The highest BCUT2D eigenvalue weighted by Gasteiger charge is 2.14. The van der Waals surface area contributed by atoms with Crippen molar-refractivity contribution in [3.63, 3.8) is 0 Å². The molecule has 4 aromatic carbocycles. The third-order valence-corrected chi connectivity index (χ3v) is 7.15. The summed E-state index contributed by atoms with van der Waals surface area (Å²) in [5.74, 6) is 1.72. The van der Waals surface area contributed by atoms with E-state index in [0.29, 0.717) is 51.8 Å². The minimum absolute atomic E-state index is 0.245. The molecule has 1 N–H and O–H groups in total. The number of nitrogens with one attached hydrogen (secondary N) is 1. The van der Waals surface area contributed by atoms with Crippen molar-refractivity contribution in [3.05, 3.63) is 115 Å². The standard InChI is InChI=1S/C31H27Cl2IN2O5/c1-3-39-29-14-21(13-26(34)30(29)41-19-23-9-11-24(32)16-25(23)33)17-35-36-31(37)22-10-12-27(28(15-22)38-2)40-18-20-7-5-4-6-8-20/h4-17H,3,18-19H2,1-2H3,(H,36,37)/b35-17+. The SMILES string of the molecule is CCOc1cc(/C=N/NC(=O)c2ccc(OCc3ccccc3)c(OC)c2)cc(I)c1OCc1ccc(Cl)cc1Cl. The van der Waals surface area contributed by atoms with Crippen LogP contribution in [0, 0.1) is 3.57 Å². The lowest BCUT2D eigenvalue weighted by Crippen LogP contribution is -2.17. The summed E-state index contributed by atoms with van der Waals surface area (Å²) in [6, 6.07) is 23.7. The molecule has 4 aromatic rings. The van der Waals surface area contributed by atoms with Gasteiger partial charge in [0.15, 0.2) is 23.0 Å². The Morgan fingerprint density at radius 2 is 1.71 bits per heavy atom. The van der Waals surface area contributed by atoms with Crippen LogP contribution in [0.25, 0.3) is 0 Å². The topological polar surface area (TPSA) is 78.4 Å². The Hall–Kier alpha value is -3.47. The highest BCUT2D eigenvalue weighted by Crippen LogP contribution is 2.35. The molecular formula is C31H27Cl2IN2O5. The Morgan fingerprint density at radius 1 is 0.902 bits per heavy atom. The minimum Gasteiger partial charge on any atom is -0.493 e. The molecule has 10 heteroatoms. The lowest BCUT2D eigenvalue weighted by molar-refractivity contribution is 0.0954. The van der Waals surface area contributed by atoms with Gasteiger partial charge in [0.2, 0.25) is 0 Å². The zero-order valence-corrected chi connectivity index (χ0v) is 26.0. The first-order chi connectivity index (χ1) is 19.9. The van der Waals surface area contributed by atoms with Crippen LogP contribution in [0.3, 0.4) is 0 Å². The molecule has 1 amide bonds. The number of hydrogen-bond donors (Lipinski definition) is 1. The van der Waals surface area contributed by atoms with Gasteiger partial charge in [-0.05, 0) is 83.1 Å². The summed E-state index contributed by atoms with van der Waals surface area (Å²) >= 11 is 14.5. The van der Waals surface area contributed by atoms with Crippen molar-refractivity contribution in [1.29, 1.82) is 0 Å². The normalized spacial score (nSPS) is 10.9. The summed E-state index contributed by atoms with van der Waals surface area (Å²) in [6.45, 7) is 2.96. The third-order valence-electron chi connectivity index (χ3n) is 5.76. The number of carbonyl (C=O) groups is 1. The van der Waals surface area contributed by atoms with E-state index >= 15 is 0 Å². The number of hydrazone groups is 1. The number of hydrogen-bond acceptors (Lipinski definition) is 6. The molecule has 0 radical (unpaired) electrons. The van der Waals surface area contributed by atoms with E-state index in [1.54, 1.807) is 36.4 Å².